The Balaban J connectivity index is 2.08. The summed E-state index contributed by atoms with van der Waals surface area (Å²) in [6.45, 7) is 1.04. The molecule has 1 aromatic heterocycles. The molecule has 0 atom stereocenters. The topological polar surface area (TPSA) is 34.2 Å². The van der Waals surface area contributed by atoms with Crippen molar-refractivity contribution in [3.05, 3.63) is 34.7 Å². The van der Waals surface area contributed by atoms with E-state index in [1.165, 1.54) is 5.01 Å². The fraction of sp³-hybridized carbons (Fsp3) is 0.357. The molecule has 0 spiro atoms. The fourth-order valence-electron chi connectivity index (χ4n) is 1.76. The van der Waals surface area contributed by atoms with Gasteiger partial charge < -0.3 is 10.1 Å². The van der Waals surface area contributed by atoms with Gasteiger partial charge in [-0.3, -0.25) is 0 Å². The lowest BCUT2D eigenvalue weighted by molar-refractivity contribution is 0.415. The van der Waals surface area contributed by atoms with E-state index in [1.807, 2.05) is 25.2 Å². The molecule has 0 aliphatic carbocycles. The van der Waals surface area contributed by atoms with E-state index in [0.29, 0.717) is 0 Å². The van der Waals surface area contributed by atoms with Crippen molar-refractivity contribution in [1.82, 2.24) is 10.3 Å². The van der Waals surface area contributed by atoms with E-state index >= 15 is 0 Å². The zero-order valence-corrected chi connectivity index (χ0v) is 11.6. The molecule has 2 rings (SSSR count). The summed E-state index contributed by atoms with van der Waals surface area (Å²) in [6.07, 6.45) is 2.16. The van der Waals surface area contributed by atoms with Gasteiger partial charge in [-0.25, -0.2) is 4.98 Å². The Morgan fingerprint density at radius 3 is 3.06 bits per heavy atom. The van der Waals surface area contributed by atoms with Gasteiger partial charge in [-0.2, -0.15) is 0 Å². The summed E-state index contributed by atoms with van der Waals surface area (Å²) >= 11 is 1.73. The molecular formula is C14H18N2OS. The van der Waals surface area contributed by atoms with Gasteiger partial charge in [0.2, 0.25) is 0 Å². The summed E-state index contributed by atoms with van der Waals surface area (Å²) in [5.74, 6) is 0.872. The monoisotopic (exact) mass is 262 g/mol. The Morgan fingerprint density at radius 2 is 2.28 bits per heavy atom. The van der Waals surface area contributed by atoms with Gasteiger partial charge in [0, 0.05) is 17.4 Å². The average molecular weight is 262 g/mol. The zero-order chi connectivity index (χ0) is 12.8. The number of nitrogens with one attached hydrogen (secondary N) is 1. The molecule has 96 valence electrons. The molecule has 0 aliphatic rings. The quantitative estimate of drug-likeness (QED) is 0.813. The minimum absolute atomic E-state index is 0.872. The highest BCUT2D eigenvalue weighted by atomic mass is 32.1. The summed E-state index contributed by atoms with van der Waals surface area (Å²) in [5, 5.41) is 6.46. The number of methoxy groups -OCH3 is 1. The molecule has 0 fully saturated rings. The largest absolute Gasteiger partial charge is 0.497 e. The number of hydrogen-bond donors (Lipinski definition) is 1. The van der Waals surface area contributed by atoms with Crippen molar-refractivity contribution >= 4 is 11.3 Å². The number of aryl methyl sites for hydroxylation is 1. The summed E-state index contributed by atoms with van der Waals surface area (Å²) in [6, 6.07) is 8.03. The molecule has 4 heteroatoms. The van der Waals surface area contributed by atoms with Crippen LogP contribution in [0.4, 0.5) is 0 Å². The fourth-order valence-corrected chi connectivity index (χ4v) is 2.61. The van der Waals surface area contributed by atoms with Crippen molar-refractivity contribution in [1.29, 1.82) is 0 Å². The van der Waals surface area contributed by atoms with Gasteiger partial charge in [-0.15, -0.1) is 11.3 Å². The van der Waals surface area contributed by atoms with Crippen LogP contribution in [0.5, 0.6) is 5.75 Å². The Labute approximate surface area is 112 Å². The third-order valence-electron chi connectivity index (χ3n) is 2.73. The van der Waals surface area contributed by atoms with Crippen molar-refractivity contribution in [3.8, 4) is 17.0 Å². The van der Waals surface area contributed by atoms with E-state index in [4.69, 9.17) is 4.74 Å². The van der Waals surface area contributed by atoms with Crippen LogP contribution >= 0.6 is 11.3 Å². The van der Waals surface area contributed by atoms with E-state index in [9.17, 15) is 0 Å². The maximum Gasteiger partial charge on any atom is 0.119 e. The molecule has 3 nitrogen and oxygen atoms in total. The van der Waals surface area contributed by atoms with Crippen LogP contribution in [-0.4, -0.2) is 25.7 Å². The molecule has 0 amide bonds. The lowest BCUT2D eigenvalue weighted by atomic mass is 10.1. The number of nitrogens with zero attached hydrogens (tertiary/aromatic N) is 1. The molecule has 2 aromatic rings. The first kappa shape index (κ1) is 13.1. The van der Waals surface area contributed by atoms with Crippen molar-refractivity contribution < 1.29 is 4.74 Å². The van der Waals surface area contributed by atoms with Crippen molar-refractivity contribution in [2.45, 2.75) is 12.8 Å². The van der Waals surface area contributed by atoms with Crippen LogP contribution < -0.4 is 10.1 Å². The van der Waals surface area contributed by atoms with Gasteiger partial charge in [-0.05, 0) is 32.1 Å². The minimum Gasteiger partial charge on any atom is -0.497 e. The first-order chi connectivity index (χ1) is 8.83. The maximum atomic E-state index is 5.23. The van der Waals surface area contributed by atoms with Gasteiger partial charge >= 0.3 is 0 Å². The van der Waals surface area contributed by atoms with Crippen LogP contribution in [0.2, 0.25) is 0 Å². The summed E-state index contributed by atoms with van der Waals surface area (Å²) in [7, 11) is 3.66. The van der Waals surface area contributed by atoms with Crippen LogP contribution in [0.3, 0.4) is 0 Å². The van der Waals surface area contributed by atoms with Crippen LogP contribution in [0.25, 0.3) is 11.3 Å². The lowest BCUT2D eigenvalue weighted by Crippen LogP contribution is -2.08. The number of benzene rings is 1. The number of rotatable bonds is 6. The predicted octanol–water partition coefficient (Wildman–Crippen LogP) is 2.97. The van der Waals surface area contributed by atoms with Gasteiger partial charge in [0.15, 0.2) is 0 Å². The van der Waals surface area contributed by atoms with Crippen molar-refractivity contribution in [3.63, 3.8) is 0 Å². The smallest absolute Gasteiger partial charge is 0.119 e. The van der Waals surface area contributed by atoms with Crippen LogP contribution in [0.15, 0.2) is 29.6 Å². The number of hydrogen-bond acceptors (Lipinski definition) is 4. The second-order valence-corrected chi connectivity index (χ2v) is 5.01. The van der Waals surface area contributed by atoms with Gasteiger partial charge in [0.25, 0.3) is 0 Å². The second-order valence-electron chi connectivity index (χ2n) is 4.07. The maximum absolute atomic E-state index is 5.23. The normalized spacial score (nSPS) is 10.6. The SMILES string of the molecule is CNCCCc1nc(-c2cccc(OC)c2)cs1. The second kappa shape index (κ2) is 6.52. The Kier molecular flexibility index (Phi) is 4.73. The molecule has 1 N–H and O–H groups in total. The highest BCUT2D eigenvalue weighted by molar-refractivity contribution is 7.09. The first-order valence-electron chi connectivity index (χ1n) is 6.07. The molecule has 0 radical (unpaired) electrons. The molecule has 0 saturated heterocycles. The Morgan fingerprint density at radius 1 is 1.39 bits per heavy atom. The van der Waals surface area contributed by atoms with Gasteiger partial charge in [0.1, 0.15) is 5.75 Å². The van der Waals surface area contributed by atoms with Crippen molar-refractivity contribution in [2.24, 2.45) is 0 Å². The highest BCUT2D eigenvalue weighted by Gasteiger charge is 2.05. The third kappa shape index (κ3) is 3.31. The van der Waals surface area contributed by atoms with Crippen LogP contribution in [0.1, 0.15) is 11.4 Å². The molecule has 18 heavy (non-hydrogen) atoms. The molecule has 0 unspecified atom stereocenters. The minimum atomic E-state index is 0.872. The number of aromatic nitrogens is 1. The highest BCUT2D eigenvalue weighted by Crippen LogP contribution is 2.25. The van der Waals surface area contributed by atoms with Gasteiger partial charge in [-0.1, -0.05) is 12.1 Å². The van der Waals surface area contributed by atoms with Gasteiger partial charge in [0.05, 0.1) is 17.8 Å². The molecule has 1 heterocycles. The Bertz CT molecular complexity index is 496. The average Bonchev–Trinajstić information content (AvgIpc) is 2.88. The summed E-state index contributed by atoms with van der Waals surface area (Å²) < 4.78 is 5.23. The summed E-state index contributed by atoms with van der Waals surface area (Å²) in [5.41, 5.74) is 2.16. The first-order valence-corrected chi connectivity index (χ1v) is 6.95. The third-order valence-corrected chi connectivity index (χ3v) is 3.64. The molecule has 0 bridgehead atoms. The van der Waals surface area contributed by atoms with Crippen molar-refractivity contribution in [2.75, 3.05) is 20.7 Å². The van der Waals surface area contributed by atoms with E-state index < -0.39 is 0 Å². The molecular weight excluding hydrogens is 244 g/mol. The Hall–Kier alpha value is -1.39. The van der Waals surface area contributed by atoms with Crippen LogP contribution in [-0.2, 0) is 6.42 Å². The zero-order valence-electron chi connectivity index (χ0n) is 10.8. The summed E-state index contributed by atoms with van der Waals surface area (Å²) in [4.78, 5) is 4.66. The number of ether oxygens (including phenoxy) is 1. The van der Waals surface area contributed by atoms with E-state index in [-0.39, 0.29) is 0 Å². The lowest BCUT2D eigenvalue weighted by Gasteiger charge is -2.01. The number of thiazole rings is 1. The van der Waals surface area contributed by atoms with E-state index in [0.717, 1.165) is 36.4 Å². The van der Waals surface area contributed by atoms with E-state index in [2.05, 4.69) is 21.7 Å². The predicted molar refractivity (Wildman–Crippen MR) is 76.3 cm³/mol. The standard InChI is InChI=1S/C14H18N2OS/c1-15-8-4-7-14-16-13(10-18-14)11-5-3-6-12(9-11)17-2/h3,5-6,9-10,15H,4,7-8H2,1-2H3. The molecule has 1 aromatic carbocycles. The van der Waals surface area contributed by atoms with E-state index in [1.54, 1.807) is 18.4 Å². The molecule has 0 aliphatic heterocycles. The molecule has 0 saturated carbocycles. The van der Waals surface area contributed by atoms with Crippen LogP contribution in [0, 0.1) is 0 Å².